The number of rotatable bonds is 4. The molecule has 52 valence electrons. The van der Waals surface area contributed by atoms with Crippen molar-refractivity contribution in [2.45, 2.75) is 25.0 Å². The van der Waals surface area contributed by atoms with E-state index in [-0.39, 0.29) is 6.10 Å². The Balaban J connectivity index is 2.01. The van der Waals surface area contributed by atoms with Gasteiger partial charge in [0.05, 0.1) is 18.8 Å². The normalized spacial score (nSPS) is 27.4. The van der Waals surface area contributed by atoms with Crippen molar-refractivity contribution in [1.29, 1.82) is 0 Å². The first-order chi connectivity index (χ1) is 4.33. The fourth-order valence-corrected chi connectivity index (χ4v) is 0.796. The Kier molecular flexibility index (Phi) is 2.25. The molecule has 0 aromatic rings. The van der Waals surface area contributed by atoms with E-state index >= 15 is 0 Å². The van der Waals surface area contributed by atoms with E-state index in [0.29, 0.717) is 12.5 Å². The Morgan fingerprint density at radius 1 is 1.89 bits per heavy atom. The average molecular weight is 128 g/mol. The SMILES string of the molecule is C=CC[C@H](O)C[C@@H]1CO1. The van der Waals surface area contributed by atoms with Crippen molar-refractivity contribution in [3.8, 4) is 0 Å². The third-order valence-corrected chi connectivity index (χ3v) is 1.38. The van der Waals surface area contributed by atoms with Crippen LogP contribution in [0.15, 0.2) is 12.7 Å². The summed E-state index contributed by atoms with van der Waals surface area (Å²) in [7, 11) is 0. The molecular weight excluding hydrogens is 116 g/mol. The summed E-state index contributed by atoms with van der Waals surface area (Å²) in [6.45, 7) is 4.36. The molecule has 1 fully saturated rings. The van der Waals surface area contributed by atoms with Gasteiger partial charge in [-0.1, -0.05) is 6.08 Å². The molecule has 0 unspecified atom stereocenters. The standard InChI is InChI=1S/C7H12O2/c1-2-3-6(8)4-7-5-9-7/h2,6-8H,1,3-5H2/t6-,7+/m0/s1. The molecule has 2 atom stereocenters. The highest BCUT2D eigenvalue weighted by Gasteiger charge is 2.24. The van der Waals surface area contributed by atoms with E-state index < -0.39 is 0 Å². The lowest BCUT2D eigenvalue weighted by molar-refractivity contribution is 0.155. The van der Waals surface area contributed by atoms with Crippen LogP contribution in [-0.4, -0.2) is 23.9 Å². The van der Waals surface area contributed by atoms with E-state index in [0.717, 1.165) is 13.0 Å². The smallest absolute Gasteiger partial charge is 0.0834 e. The molecule has 1 saturated heterocycles. The van der Waals surface area contributed by atoms with E-state index in [1.807, 2.05) is 0 Å². The minimum absolute atomic E-state index is 0.241. The van der Waals surface area contributed by atoms with Gasteiger partial charge in [0.15, 0.2) is 0 Å². The maximum Gasteiger partial charge on any atom is 0.0834 e. The lowest BCUT2D eigenvalue weighted by atomic mass is 10.1. The number of hydrogen-bond acceptors (Lipinski definition) is 2. The second-order valence-electron chi connectivity index (χ2n) is 2.37. The van der Waals surface area contributed by atoms with Crippen LogP contribution in [0.1, 0.15) is 12.8 Å². The topological polar surface area (TPSA) is 32.8 Å². The Bertz CT molecular complexity index is 97.1. The van der Waals surface area contributed by atoms with Crippen LogP contribution in [0, 0.1) is 0 Å². The molecule has 0 aliphatic carbocycles. The zero-order chi connectivity index (χ0) is 6.69. The second-order valence-corrected chi connectivity index (χ2v) is 2.37. The highest BCUT2D eigenvalue weighted by Crippen LogP contribution is 2.16. The van der Waals surface area contributed by atoms with Crippen LogP contribution in [0.25, 0.3) is 0 Å². The quantitative estimate of drug-likeness (QED) is 0.447. The van der Waals surface area contributed by atoms with Crippen molar-refractivity contribution in [3.05, 3.63) is 12.7 Å². The first kappa shape index (κ1) is 6.78. The van der Waals surface area contributed by atoms with E-state index in [9.17, 15) is 0 Å². The fourth-order valence-electron chi connectivity index (χ4n) is 0.796. The first-order valence-corrected chi connectivity index (χ1v) is 3.23. The van der Waals surface area contributed by atoms with Gasteiger partial charge in [-0.3, -0.25) is 0 Å². The molecule has 1 rings (SSSR count). The summed E-state index contributed by atoms with van der Waals surface area (Å²) in [5, 5.41) is 9.11. The summed E-state index contributed by atoms with van der Waals surface area (Å²) in [5.41, 5.74) is 0. The lowest BCUT2D eigenvalue weighted by Crippen LogP contribution is -2.07. The van der Waals surface area contributed by atoms with E-state index in [1.54, 1.807) is 6.08 Å². The van der Waals surface area contributed by atoms with E-state index in [4.69, 9.17) is 9.84 Å². The zero-order valence-electron chi connectivity index (χ0n) is 5.42. The van der Waals surface area contributed by atoms with Gasteiger partial charge in [0.2, 0.25) is 0 Å². The van der Waals surface area contributed by atoms with Crippen molar-refractivity contribution >= 4 is 0 Å². The summed E-state index contributed by atoms with van der Waals surface area (Å²) in [5.74, 6) is 0. The largest absolute Gasteiger partial charge is 0.393 e. The molecule has 1 N–H and O–H groups in total. The molecule has 1 aliphatic heterocycles. The minimum Gasteiger partial charge on any atom is -0.393 e. The van der Waals surface area contributed by atoms with E-state index in [2.05, 4.69) is 6.58 Å². The second kappa shape index (κ2) is 2.99. The third kappa shape index (κ3) is 2.63. The lowest BCUT2D eigenvalue weighted by Gasteiger charge is -2.02. The summed E-state index contributed by atoms with van der Waals surface area (Å²) >= 11 is 0. The Morgan fingerprint density at radius 2 is 2.56 bits per heavy atom. The predicted octanol–water partition coefficient (Wildman–Crippen LogP) is 0.712. The van der Waals surface area contributed by atoms with Crippen molar-refractivity contribution in [1.82, 2.24) is 0 Å². The van der Waals surface area contributed by atoms with Crippen molar-refractivity contribution in [2.75, 3.05) is 6.61 Å². The van der Waals surface area contributed by atoms with Gasteiger partial charge in [-0.15, -0.1) is 6.58 Å². The summed E-state index contributed by atoms with van der Waals surface area (Å²) < 4.78 is 4.93. The molecule has 0 aromatic carbocycles. The van der Waals surface area contributed by atoms with Gasteiger partial charge in [-0.25, -0.2) is 0 Å². The van der Waals surface area contributed by atoms with Crippen LogP contribution >= 0.6 is 0 Å². The summed E-state index contributed by atoms with van der Waals surface area (Å²) in [6.07, 6.45) is 3.27. The van der Waals surface area contributed by atoms with Gasteiger partial charge in [-0.05, 0) is 6.42 Å². The van der Waals surface area contributed by atoms with Crippen molar-refractivity contribution in [2.24, 2.45) is 0 Å². The molecule has 1 heterocycles. The van der Waals surface area contributed by atoms with Crippen LogP contribution in [0.4, 0.5) is 0 Å². The van der Waals surface area contributed by atoms with Crippen LogP contribution in [0.3, 0.4) is 0 Å². The van der Waals surface area contributed by atoms with Crippen molar-refractivity contribution < 1.29 is 9.84 Å². The van der Waals surface area contributed by atoms with Crippen molar-refractivity contribution in [3.63, 3.8) is 0 Å². The van der Waals surface area contributed by atoms with Gasteiger partial charge in [0.25, 0.3) is 0 Å². The zero-order valence-corrected chi connectivity index (χ0v) is 5.42. The number of aliphatic hydroxyl groups is 1. The van der Waals surface area contributed by atoms with Crippen LogP contribution in [-0.2, 0) is 4.74 Å². The molecule has 2 heteroatoms. The molecule has 0 saturated carbocycles. The third-order valence-electron chi connectivity index (χ3n) is 1.38. The van der Waals surface area contributed by atoms with Crippen LogP contribution < -0.4 is 0 Å². The number of hydrogen-bond donors (Lipinski definition) is 1. The molecular formula is C7H12O2. The molecule has 2 nitrogen and oxygen atoms in total. The summed E-state index contributed by atoms with van der Waals surface area (Å²) in [4.78, 5) is 0. The first-order valence-electron chi connectivity index (χ1n) is 3.23. The van der Waals surface area contributed by atoms with Gasteiger partial charge >= 0.3 is 0 Å². The number of epoxide rings is 1. The van der Waals surface area contributed by atoms with Gasteiger partial charge in [-0.2, -0.15) is 0 Å². The number of ether oxygens (including phenoxy) is 1. The van der Waals surface area contributed by atoms with E-state index in [1.165, 1.54) is 0 Å². The highest BCUT2D eigenvalue weighted by molar-refractivity contribution is 4.78. The van der Waals surface area contributed by atoms with Crippen LogP contribution in [0.2, 0.25) is 0 Å². The fraction of sp³-hybridized carbons (Fsp3) is 0.714. The van der Waals surface area contributed by atoms with Gasteiger partial charge in [0.1, 0.15) is 0 Å². The monoisotopic (exact) mass is 128 g/mol. The molecule has 1 aliphatic rings. The van der Waals surface area contributed by atoms with Gasteiger partial charge in [0, 0.05) is 6.42 Å². The predicted molar refractivity (Wildman–Crippen MR) is 35.2 cm³/mol. The van der Waals surface area contributed by atoms with Crippen LogP contribution in [0.5, 0.6) is 0 Å². The Hall–Kier alpha value is -0.340. The summed E-state index contributed by atoms with van der Waals surface area (Å²) in [6, 6.07) is 0. The molecule has 9 heavy (non-hydrogen) atoms. The maximum absolute atomic E-state index is 9.11. The average Bonchev–Trinajstić information content (AvgIpc) is 2.50. The molecule has 0 radical (unpaired) electrons. The Labute approximate surface area is 55.1 Å². The highest BCUT2D eigenvalue weighted by atomic mass is 16.6. The minimum atomic E-state index is -0.241. The molecule has 0 bridgehead atoms. The Morgan fingerprint density at radius 3 is 3.00 bits per heavy atom. The number of aliphatic hydroxyl groups excluding tert-OH is 1. The molecule has 0 aromatic heterocycles. The maximum atomic E-state index is 9.11. The van der Waals surface area contributed by atoms with Gasteiger partial charge < -0.3 is 9.84 Å². The molecule has 0 amide bonds. The molecule has 0 spiro atoms.